The van der Waals surface area contributed by atoms with E-state index >= 15 is 0 Å². The van der Waals surface area contributed by atoms with E-state index in [1.165, 1.54) is 5.56 Å². The lowest BCUT2D eigenvalue weighted by Crippen LogP contribution is -2.48. The normalized spacial score (nSPS) is 13.3. The molecule has 1 aliphatic heterocycles. The number of carbonyl (C=O) groups is 2. The van der Waals surface area contributed by atoms with E-state index in [2.05, 4.69) is 17.1 Å². The molecule has 3 aromatic carbocycles. The van der Waals surface area contributed by atoms with Crippen LogP contribution in [0.15, 0.2) is 60.7 Å². The third-order valence-corrected chi connectivity index (χ3v) is 6.86. The van der Waals surface area contributed by atoms with Crippen LogP contribution in [-0.4, -0.2) is 56.1 Å². The van der Waals surface area contributed by atoms with Gasteiger partial charge in [-0.05, 0) is 86.0 Å². The smallest absolute Gasteiger partial charge is 0.262 e. The standard InChI is InChI=1S/C30H34ClN3O4/c1-4-17-37-25-10-6-23(7-11-25)30(36)34-15-13-33(14-16-34)28-12-8-24(19-27(28)31)32-29(35)20-38-26-9-5-21(2)22(3)18-26/h5-12,18-19H,4,13-17,20H2,1-3H3,(H,32,35). The van der Waals surface area contributed by atoms with E-state index in [0.29, 0.717) is 54.8 Å². The fraction of sp³-hybridized carbons (Fsp3) is 0.333. The molecule has 0 spiro atoms. The Labute approximate surface area is 229 Å². The van der Waals surface area contributed by atoms with Gasteiger partial charge in [0.25, 0.3) is 11.8 Å². The lowest BCUT2D eigenvalue weighted by Gasteiger charge is -2.36. The Morgan fingerprint density at radius 3 is 2.24 bits per heavy atom. The van der Waals surface area contributed by atoms with Gasteiger partial charge in [0.2, 0.25) is 0 Å². The molecule has 1 N–H and O–H groups in total. The quantitative estimate of drug-likeness (QED) is 0.379. The molecule has 2 amide bonds. The average molecular weight is 536 g/mol. The van der Waals surface area contributed by atoms with E-state index in [1.54, 1.807) is 6.07 Å². The number of halogens is 1. The van der Waals surface area contributed by atoms with Crippen molar-refractivity contribution in [2.45, 2.75) is 27.2 Å². The molecule has 8 heteroatoms. The minimum absolute atomic E-state index is 0.0128. The van der Waals surface area contributed by atoms with Crippen LogP contribution in [0.4, 0.5) is 11.4 Å². The number of piperazine rings is 1. The molecule has 0 bridgehead atoms. The number of benzene rings is 3. The summed E-state index contributed by atoms with van der Waals surface area (Å²) in [6.07, 6.45) is 0.940. The summed E-state index contributed by atoms with van der Waals surface area (Å²) in [5.74, 6) is 1.19. The van der Waals surface area contributed by atoms with Crippen LogP contribution in [0, 0.1) is 13.8 Å². The van der Waals surface area contributed by atoms with Gasteiger partial charge < -0.3 is 24.6 Å². The molecule has 3 aromatic rings. The van der Waals surface area contributed by atoms with E-state index in [9.17, 15) is 9.59 Å². The number of hydrogen-bond acceptors (Lipinski definition) is 5. The summed E-state index contributed by atoms with van der Waals surface area (Å²) in [5.41, 5.74) is 4.42. The molecule has 0 aliphatic carbocycles. The first kappa shape index (κ1) is 27.3. The van der Waals surface area contributed by atoms with Crippen molar-refractivity contribution in [1.29, 1.82) is 0 Å². The fourth-order valence-electron chi connectivity index (χ4n) is 4.24. The van der Waals surface area contributed by atoms with Crippen LogP contribution in [0.25, 0.3) is 0 Å². The Bertz CT molecular complexity index is 1270. The molecule has 0 radical (unpaired) electrons. The molecule has 4 rings (SSSR count). The maximum atomic E-state index is 12.9. The topological polar surface area (TPSA) is 71.1 Å². The number of amides is 2. The summed E-state index contributed by atoms with van der Waals surface area (Å²) in [5, 5.41) is 3.38. The Balaban J connectivity index is 1.27. The van der Waals surface area contributed by atoms with Gasteiger partial charge in [-0.25, -0.2) is 0 Å². The second-order valence-corrected chi connectivity index (χ2v) is 9.81. The van der Waals surface area contributed by atoms with Crippen molar-refractivity contribution in [3.8, 4) is 11.5 Å². The molecule has 1 fully saturated rings. The maximum Gasteiger partial charge on any atom is 0.262 e. The van der Waals surface area contributed by atoms with Gasteiger partial charge in [-0.2, -0.15) is 0 Å². The fourth-order valence-corrected chi connectivity index (χ4v) is 4.54. The zero-order valence-electron chi connectivity index (χ0n) is 22.1. The first-order valence-corrected chi connectivity index (χ1v) is 13.3. The molecule has 7 nitrogen and oxygen atoms in total. The van der Waals surface area contributed by atoms with Crippen molar-refractivity contribution in [2.24, 2.45) is 0 Å². The van der Waals surface area contributed by atoms with E-state index in [0.717, 1.165) is 23.4 Å². The molecular formula is C30H34ClN3O4. The molecular weight excluding hydrogens is 502 g/mol. The van der Waals surface area contributed by atoms with Crippen molar-refractivity contribution < 1.29 is 19.1 Å². The Morgan fingerprint density at radius 1 is 0.868 bits per heavy atom. The summed E-state index contributed by atoms with van der Waals surface area (Å²) in [6, 6.07) is 18.5. The first-order valence-electron chi connectivity index (χ1n) is 12.9. The minimum Gasteiger partial charge on any atom is -0.494 e. The van der Waals surface area contributed by atoms with Crippen molar-refractivity contribution in [2.75, 3.05) is 49.6 Å². The van der Waals surface area contributed by atoms with Gasteiger partial charge in [0.15, 0.2) is 6.61 Å². The molecule has 1 saturated heterocycles. The van der Waals surface area contributed by atoms with Crippen LogP contribution < -0.4 is 19.7 Å². The van der Waals surface area contributed by atoms with Gasteiger partial charge in [-0.15, -0.1) is 0 Å². The predicted octanol–water partition coefficient (Wildman–Crippen LogP) is 5.73. The van der Waals surface area contributed by atoms with Crippen LogP contribution in [0.2, 0.25) is 5.02 Å². The Morgan fingerprint density at radius 2 is 1.58 bits per heavy atom. The number of hydrogen-bond donors (Lipinski definition) is 1. The van der Waals surface area contributed by atoms with E-state index < -0.39 is 0 Å². The highest BCUT2D eigenvalue weighted by Gasteiger charge is 2.23. The lowest BCUT2D eigenvalue weighted by atomic mass is 10.1. The van der Waals surface area contributed by atoms with Gasteiger partial charge >= 0.3 is 0 Å². The number of carbonyl (C=O) groups excluding carboxylic acids is 2. The summed E-state index contributed by atoms with van der Waals surface area (Å²) in [7, 11) is 0. The average Bonchev–Trinajstić information content (AvgIpc) is 2.93. The molecule has 0 saturated carbocycles. The van der Waals surface area contributed by atoms with Gasteiger partial charge in [-0.1, -0.05) is 24.6 Å². The predicted molar refractivity (Wildman–Crippen MR) is 152 cm³/mol. The highest BCUT2D eigenvalue weighted by atomic mass is 35.5. The van der Waals surface area contributed by atoms with E-state index in [4.69, 9.17) is 21.1 Å². The minimum atomic E-state index is -0.260. The van der Waals surface area contributed by atoms with Crippen molar-refractivity contribution in [1.82, 2.24) is 4.90 Å². The largest absolute Gasteiger partial charge is 0.494 e. The molecule has 38 heavy (non-hydrogen) atoms. The van der Waals surface area contributed by atoms with Crippen LogP contribution in [0.1, 0.15) is 34.8 Å². The van der Waals surface area contributed by atoms with E-state index in [-0.39, 0.29) is 18.4 Å². The maximum absolute atomic E-state index is 12.9. The molecule has 0 unspecified atom stereocenters. The zero-order chi connectivity index (χ0) is 27.1. The zero-order valence-corrected chi connectivity index (χ0v) is 22.9. The van der Waals surface area contributed by atoms with Gasteiger partial charge in [0.1, 0.15) is 11.5 Å². The Hall–Kier alpha value is -3.71. The number of ether oxygens (including phenoxy) is 2. The van der Waals surface area contributed by atoms with Crippen LogP contribution >= 0.6 is 11.6 Å². The molecule has 1 heterocycles. The number of aryl methyl sites for hydroxylation is 2. The Kier molecular flexibility index (Phi) is 9.13. The highest BCUT2D eigenvalue weighted by Crippen LogP contribution is 2.30. The van der Waals surface area contributed by atoms with Crippen molar-refractivity contribution >= 4 is 34.8 Å². The molecule has 0 aromatic heterocycles. The summed E-state index contributed by atoms with van der Waals surface area (Å²) >= 11 is 6.58. The number of rotatable bonds is 9. The van der Waals surface area contributed by atoms with Gasteiger partial charge in [-0.3, -0.25) is 9.59 Å². The van der Waals surface area contributed by atoms with E-state index in [1.807, 2.05) is 73.3 Å². The van der Waals surface area contributed by atoms with Crippen LogP contribution in [0.5, 0.6) is 11.5 Å². The lowest BCUT2D eigenvalue weighted by molar-refractivity contribution is -0.118. The number of nitrogens with one attached hydrogen (secondary N) is 1. The number of nitrogens with zero attached hydrogens (tertiary/aromatic N) is 2. The summed E-state index contributed by atoms with van der Waals surface area (Å²) < 4.78 is 11.2. The van der Waals surface area contributed by atoms with Gasteiger partial charge in [0, 0.05) is 37.4 Å². The third-order valence-electron chi connectivity index (χ3n) is 6.56. The SMILES string of the molecule is CCCOc1ccc(C(=O)N2CCN(c3ccc(NC(=O)COc4ccc(C)c(C)c4)cc3Cl)CC2)cc1. The van der Waals surface area contributed by atoms with Crippen molar-refractivity contribution in [3.05, 3.63) is 82.4 Å². The summed E-state index contributed by atoms with van der Waals surface area (Å²) in [6.45, 7) is 9.18. The monoisotopic (exact) mass is 535 g/mol. The highest BCUT2D eigenvalue weighted by molar-refractivity contribution is 6.33. The second-order valence-electron chi connectivity index (χ2n) is 9.40. The molecule has 0 atom stereocenters. The summed E-state index contributed by atoms with van der Waals surface area (Å²) in [4.78, 5) is 29.3. The van der Waals surface area contributed by atoms with Crippen LogP contribution in [0.3, 0.4) is 0 Å². The van der Waals surface area contributed by atoms with Crippen molar-refractivity contribution in [3.63, 3.8) is 0 Å². The van der Waals surface area contributed by atoms with Gasteiger partial charge in [0.05, 0.1) is 17.3 Å². The third kappa shape index (κ3) is 6.98. The first-order chi connectivity index (χ1) is 18.3. The second kappa shape index (κ2) is 12.7. The molecule has 200 valence electrons. The van der Waals surface area contributed by atoms with Crippen LogP contribution in [-0.2, 0) is 4.79 Å². The number of anilines is 2. The molecule has 1 aliphatic rings.